The molecule has 0 aromatic heterocycles. The minimum absolute atomic E-state index is 1.11. The Morgan fingerprint density at radius 3 is 2.00 bits per heavy atom. The van der Waals surface area contributed by atoms with E-state index in [1.54, 1.807) is 0 Å². The Labute approximate surface area is 85.2 Å². The van der Waals surface area contributed by atoms with Crippen molar-refractivity contribution in [3.8, 4) is 0 Å². The van der Waals surface area contributed by atoms with Crippen LogP contribution in [0.3, 0.4) is 0 Å². The Balaban J connectivity index is 2.74. The van der Waals surface area contributed by atoms with E-state index in [4.69, 9.17) is 0 Å². The number of hydrogen-bond donors (Lipinski definition) is 2. The van der Waals surface area contributed by atoms with Crippen molar-refractivity contribution < 1.29 is 0 Å². The molecule has 0 atom stereocenters. The molecule has 0 heterocycles. The Bertz CT molecular complexity index is 195. The van der Waals surface area contributed by atoms with Gasteiger partial charge in [0.1, 0.15) is 4.58 Å². The summed E-state index contributed by atoms with van der Waals surface area (Å²) >= 11 is 8.23. The summed E-state index contributed by atoms with van der Waals surface area (Å²) in [5, 5.41) is 0. The van der Waals surface area contributed by atoms with Gasteiger partial charge in [0, 0.05) is 0 Å². The van der Waals surface area contributed by atoms with Crippen LogP contribution in [0.25, 0.3) is 0 Å². The third-order valence-corrected chi connectivity index (χ3v) is 4.31. The average molecular weight is 219 g/mol. The van der Waals surface area contributed by atoms with Gasteiger partial charge in [-0.05, 0) is 5.56 Å². The predicted molar refractivity (Wildman–Crippen MR) is 61.9 cm³/mol. The summed E-state index contributed by atoms with van der Waals surface area (Å²) in [6.45, 7) is 0. The Kier molecular flexibility index (Phi) is 4.67. The first-order valence-corrected chi connectivity index (χ1v) is 6.67. The standard InChI is InChI=1S/C7H7S4/c8-10-7(11-9)6-4-2-1-3-5-6/h1-5,8-9H. The minimum atomic E-state index is 1.11. The van der Waals surface area contributed by atoms with Gasteiger partial charge in [0.2, 0.25) is 0 Å². The normalized spacial score (nSPS) is 10.5. The molecule has 0 N–H and O–H groups in total. The molecule has 1 rings (SSSR count). The third-order valence-electron chi connectivity index (χ3n) is 1.18. The molecule has 0 unspecified atom stereocenters. The highest BCUT2D eigenvalue weighted by Crippen LogP contribution is 2.41. The highest BCUT2D eigenvalue weighted by Gasteiger charge is 2.08. The van der Waals surface area contributed by atoms with Crippen molar-refractivity contribution in [3.05, 3.63) is 40.5 Å². The van der Waals surface area contributed by atoms with Gasteiger partial charge in [0.15, 0.2) is 0 Å². The second-order valence-corrected chi connectivity index (χ2v) is 4.37. The van der Waals surface area contributed by atoms with E-state index in [9.17, 15) is 0 Å². The first kappa shape index (κ1) is 9.71. The smallest absolute Gasteiger partial charge is 0.109 e. The highest BCUT2D eigenvalue weighted by atomic mass is 33.1. The zero-order chi connectivity index (χ0) is 8.10. The number of thiol groups is 2. The second kappa shape index (κ2) is 5.30. The third kappa shape index (κ3) is 2.86. The maximum absolute atomic E-state index is 4.12. The van der Waals surface area contributed by atoms with Gasteiger partial charge >= 0.3 is 0 Å². The Hall–Kier alpha value is 0.620. The molecule has 59 valence electrons. The predicted octanol–water partition coefficient (Wildman–Crippen LogP) is 3.68. The molecule has 1 aromatic rings. The van der Waals surface area contributed by atoms with Gasteiger partial charge in [-0.15, -0.1) is 23.3 Å². The monoisotopic (exact) mass is 219 g/mol. The van der Waals surface area contributed by atoms with Gasteiger partial charge in [-0.2, -0.15) is 0 Å². The number of benzene rings is 1. The highest BCUT2D eigenvalue weighted by molar-refractivity contribution is 8.80. The molecule has 0 fully saturated rings. The van der Waals surface area contributed by atoms with E-state index in [-0.39, 0.29) is 0 Å². The summed E-state index contributed by atoms with van der Waals surface area (Å²) < 4.78 is 1.11. The Morgan fingerprint density at radius 2 is 1.55 bits per heavy atom. The molecule has 0 saturated heterocycles. The lowest BCUT2D eigenvalue weighted by molar-refractivity contribution is 1.57. The van der Waals surface area contributed by atoms with Crippen molar-refractivity contribution in [1.82, 2.24) is 0 Å². The summed E-state index contributed by atoms with van der Waals surface area (Å²) in [4.78, 5) is 0. The van der Waals surface area contributed by atoms with E-state index in [2.05, 4.69) is 23.3 Å². The van der Waals surface area contributed by atoms with Crippen LogP contribution in [0.4, 0.5) is 0 Å². The largest absolute Gasteiger partial charge is 0.135 e. The molecule has 0 spiro atoms. The molecule has 0 saturated carbocycles. The molecular weight excluding hydrogens is 212 g/mol. The van der Waals surface area contributed by atoms with Gasteiger partial charge in [0.05, 0.1) is 0 Å². The van der Waals surface area contributed by atoms with Crippen molar-refractivity contribution >= 4 is 44.9 Å². The SMILES string of the molecule is SS[C](SS)c1ccccc1. The number of rotatable bonds is 3. The fourth-order valence-corrected chi connectivity index (χ4v) is 3.15. The zero-order valence-corrected chi connectivity index (χ0v) is 9.02. The van der Waals surface area contributed by atoms with Crippen LogP contribution < -0.4 is 0 Å². The lowest BCUT2D eigenvalue weighted by Gasteiger charge is -2.07. The molecule has 0 bridgehead atoms. The summed E-state index contributed by atoms with van der Waals surface area (Å²) in [5.74, 6) is 0. The zero-order valence-electron chi connectivity index (χ0n) is 5.60. The summed E-state index contributed by atoms with van der Waals surface area (Å²) in [6, 6.07) is 10.1. The molecule has 0 aliphatic carbocycles. The van der Waals surface area contributed by atoms with E-state index in [0.29, 0.717) is 0 Å². The lowest BCUT2D eigenvalue weighted by Crippen LogP contribution is -1.83. The summed E-state index contributed by atoms with van der Waals surface area (Å²) in [7, 11) is 2.84. The Morgan fingerprint density at radius 1 is 1.00 bits per heavy atom. The second-order valence-electron chi connectivity index (χ2n) is 1.84. The molecule has 0 aliphatic heterocycles. The van der Waals surface area contributed by atoms with Crippen LogP contribution in [0.1, 0.15) is 5.56 Å². The topological polar surface area (TPSA) is 0 Å². The van der Waals surface area contributed by atoms with Gasteiger partial charge in [-0.1, -0.05) is 51.9 Å². The first-order valence-electron chi connectivity index (χ1n) is 2.93. The molecular formula is C7H7S4. The molecule has 0 amide bonds. The van der Waals surface area contributed by atoms with Gasteiger partial charge < -0.3 is 0 Å². The van der Waals surface area contributed by atoms with Crippen molar-refractivity contribution in [2.45, 2.75) is 0 Å². The number of hydrogen-bond acceptors (Lipinski definition) is 4. The summed E-state index contributed by atoms with van der Waals surface area (Å²) in [5.41, 5.74) is 1.17. The van der Waals surface area contributed by atoms with Crippen molar-refractivity contribution in [1.29, 1.82) is 0 Å². The molecule has 1 radical (unpaired) electrons. The van der Waals surface area contributed by atoms with Crippen LogP contribution in [-0.2, 0) is 0 Å². The summed E-state index contributed by atoms with van der Waals surface area (Å²) in [6.07, 6.45) is 0. The van der Waals surface area contributed by atoms with Crippen molar-refractivity contribution in [2.75, 3.05) is 0 Å². The van der Waals surface area contributed by atoms with Crippen LogP contribution >= 0.6 is 44.9 Å². The van der Waals surface area contributed by atoms with Crippen LogP contribution in [0.2, 0.25) is 0 Å². The molecule has 4 heteroatoms. The molecule has 11 heavy (non-hydrogen) atoms. The fourth-order valence-electron chi connectivity index (χ4n) is 0.696. The van der Waals surface area contributed by atoms with Gasteiger partial charge in [-0.3, -0.25) is 0 Å². The molecule has 1 aromatic carbocycles. The van der Waals surface area contributed by atoms with E-state index < -0.39 is 0 Å². The molecule has 0 aliphatic rings. The van der Waals surface area contributed by atoms with Crippen LogP contribution in [0.15, 0.2) is 30.3 Å². The van der Waals surface area contributed by atoms with E-state index in [1.165, 1.54) is 27.2 Å². The molecule has 0 nitrogen and oxygen atoms in total. The maximum atomic E-state index is 4.12. The van der Waals surface area contributed by atoms with Gasteiger partial charge in [0.25, 0.3) is 0 Å². The van der Waals surface area contributed by atoms with Gasteiger partial charge in [-0.25, -0.2) is 0 Å². The fraction of sp³-hybridized carbons (Fsp3) is 0. The van der Waals surface area contributed by atoms with Crippen molar-refractivity contribution in [3.63, 3.8) is 0 Å². The quantitative estimate of drug-likeness (QED) is 0.588. The van der Waals surface area contributed by atoms with E-state index >= 15 is 0 Å². The van der Waals surface area contributed by atoms with Crippen molar-refractivity contribution in [2.24, 2.45) is 0 Å². The first-order chi connectivity index (χ1) is 5.38. The maximum Gasteiger partial charge on any atom is 0.135 e. The van der Waals surface area contributed by atoms with Crippen LogP contribution in [-0.4, -0.2) is 0 Å². The van der Waals surface area contributed by atoms with Crippen LogP contribution in [0.5, 0.6) is 0 Å². The minimum Gasteiger partial charge on any atom is -0.109 e. The van der Waals surface area contributed by atoms with E-state index in [1.807, 2.05) is 30.3 Å². The van der Waals surface area contributed by atoms with Crippen LogP contribution in [0, 0.1) is 4.58 Å². The van der Waals surface area contributed by atoms with E-state index in [0.717, 1.165) is 4.58 Å². The average Bonchev–Trinajstić information content (AvgIpc) is 2.09. The lowest BCUT2D eigenvalue weighted by atomic mass is 10.2.